The number of aromatic nitrogens is 2. The molecule has 0 aliphatic rings. The van der Waals surface area contributed by atoms with Crippen LogP contribution in [0.1, 0.15) is 18.5 Å². The molecule has 106 valence electrons. The zero-order valence-corrected chi connectivity index (χ0v) is 11.8. The zero-order valence-electron chi connectivity index (χ0n) is 11.0. The van der Waals surface area contributed by atoms with E-state index in [2.05, 4.69) is 4.98 Å². The van der Waals surface area contributed by atoms with Gasteiger partial charge >= 0.3 is 5.69 Å². The van der Waals surface area contributed by atoms with Gasteiger partial charge in [-0.05, 0) is 12.5 Å². The number of hydrogen-bond acceptors (Lipinski definition) is 3. The van der Waals surface area contributed by atoms with Gasteiger partial charge in [0.1, 0.15) is 5.15 Å². The topological polar surface area (TPSA) is 64.1 Å². The number of halogens is 1. The lowest BCUT2D eigenvalue weighted by atomic mass is 10.2. The van der Waals surface area contributed by atoms with Crippen LogP contribution in [0.4, 0.5) is 0 Å². The summed E-state index contributed by atoms with van der Waals surface area (Å²) in [5.74, 6) is 0. The van der Waals surface area contributed by atoms with E-state index < -0.39 is 11.2 Å². The predicted molar refractivity (Wildman–Crippen MR) is 77.1 cm³/mol. The molecule has 5 nitrogen and oxygen atoms in total. The quantitative estimate of drug-likeness (QED) is 0.858. The average Bonchev–Trinajstić information content (AvgIpc) is 2.38. The normalized spacial score (nSPS) is 12.3. The fourth-order valence-electron chi connectivity index (χ4n) is 1.89. The molecule has 0 bridgehead atoms. The third-order valence-corrected chi connectivity index (χ3v) is 3.05. The minimum absolute atomic E-state index is 0.0358. The summed E-state index contributed by atoms with van der Waals surface area (Å²) < 4.78 is 6.62. The van der Waals surface area contributed by atoms with Crippen LogP contribution >= 0.6 is 11.6 Å². The van der Waals surface area contributed by atoms with Gasteiger partial charge < -0.3 is 4.74 Å². The minimum Gasteiger partial charge on any atom is -0.375 e. The SMILES string of the molecule is C[C@H](COCc1ccccc1)n1c(=O)cc(Cl)[nH]c1=O. The molecule has 0 aliphatic carbocycles. The second kappa shape index (κ2) is 6.54. The molecule has 1 aromatic carbocycles. The first-order chi connectivity index (χ1) is 9.58. The highest BCUT2D eigenvalue weighted by Crippen LogP contribution is 2.05. The Hall–Kier alpha value is -1.85. The van der Waals surface area contributed by atoms with E-state index in [9.17, 15) is 9.59 Å². The summed E-state index contributed by atoms with van der Waals surface area (Å²) in [6.45, 7) is 2.44. The van der Waals surface area contributed by atoms with Gasteiger partial charge in [-0.15, -0.1) is 0 Å². The van der Waals surface area contributed by atoms with E-state index in [1.54, 1.807) is 6.92 Å². The van der Waals surface area contributed by atoms with Gasteiger partial charge in [0.25, 0.3) is 5.56 Å². The molecule has 0 aliphatic heterocycles. The van der Waals surface area contributed by atoms with E-state index in [1.807, 2.05) is 30.3 Å². The van der Waals surface area contributed by atoms with Gasteiger partial charge in [0.2, 0.25) is 0 Å². The van der Waals surface area contributed by atoms with E-state index in [0.29, 0.717) is 6.61 Å². The van der Waals surface area contributed by atoms with Gasteiger partial charge in [-0.2, -0.15) is 0 Å². The van der Waals surface area contributed by atoms with Crippen molar-refractivity contribution in [2.75, 3.05) is 6.61 Å². The number of hydrogen-bond donors (Lipinski definition) is 1. The summed E-state index contributed by atoms with van der Waals surface area (Å²) in [7, 11) is 0. The highest BCUT2D eigenvalue weighted by Gasteiger charge is 2.11. The maximum absolute atomic E-state index is 11.7. The highest BCUT2D eigenvalue weighted by molar-refractivity contribution is 6.29. The maximum atomic E-state index is 11.7. The third-order valence-electron chi connectivity index (χ3n) is 2.84. The molecule has 0 saturated carbocycles. The van der Waals surface area contributed by atoms with Crippen LogP contribution in [0, 0.1) is 0 Å². The number of ether oxygens (including phenoxy) is 1. The van der Waals surface area contributed by atoms with Crippen molar-refractivity contribution in [3.8, 4) is 0 Å². The van der Waals surface area contributed by atoms with Gasteiger partial charge in [0.05, 0.1) is 19.3 Å². The lowest BCUT2D eigenvalue weighted by Gasteiger charge is -2.14. The molecule has 2 rings (SSSR count). The Bertz CT molecular complexity index is 648. The average molecular weight is 295 g/mol. The number of nitrogens with zero attached hydrogens (tertiary/aromatic N) is 1. The molecule has 1 aromatic heterocycles. The van der Waals surface area contributed by atoms with Crippen molar-refractivity contribution in [2.45, 2.75) is 19.6 Å². The van der Waals surface area contributed by atoms with Crippen molar-refractivity contribution in [2.24, 2.45) is 0 Å². The Kier molecular flexibility index (Phi) is 4.76. The molecule has 0 amide bonds. The Morgan fingerprint density at radius 1 is 1.30 bits per heavy atom. The van der Waals surface area contributed by atoms with Crippen molar-refractivity contribution in [3.05, 3.63) is 68.0 Å². The second-order valence-electron chi connectivity index (χ2n) is 4.48. The second-order valence-corrected chi connectivity index (χ2v) is 4.89. The van der Waals surface area contributed by atoms with Crippen molar-refractivity contribution in [1.82, 2.24) is 9.55 Å². The smallest absolute Gasteiger partial charge is 0.329 e. The van der Waals surface area contributed by atoms with E-state index in [1.165, 1.54) is 6.07 Å². The predicted octanol–water partition coefficient (Wildman–Crippen LogP) is 1.97. The summed E-state index contributed by atoms with van der Waals surface area (Å²) in [6.07, 6.45) is 0. The molecule has 0 unspecified atom stereocenters. The van der Waals surface area contributed by atoms with Crippen molar-refractivity contribution in [1.29, 1.82) is 0 Å². The van der Waals surface area contributed by atoms with Crippen molar-refractivity contribution in [3.63, 3.8) is 0 Å². The molecule has 0 spiro atoms. The van der Waals surface area contributed by atoms with E-state index >= 15 is 0 Å². The number of nitrogens with one attached hydrogen (secondary N) is 1. The van der Waals surface area contributed by atoms with Crippen LogP contribution in [-0.4, -0.2) is 16.2 Å². The van der Waals surface area contributed by atoms with Crippen LogP contribution in [0.2, 0.25) is 5.15 Å². The molecule has 0 radical (unpaired) electrons. The number of benzene rings is 1. The Morgan fingerprint density at radius 3 is 2.65 bits per heavy atom. The molecule has 0 fully saturated rings. The molecular weight excluding hydrogens is 280 g/mol. The Morgan fingerprint density at radius 2 is 2.00 bits per heavy atom. The number of H-pyrrole nitrogens is 1. The van der Waals surface area contributed by atoms with Crippen LogP contribution in [0.15, 0.2) is 46.0 Å². The van der Waals surface area contributed by atoms with Crippen LogP contribution in [-0.2, 0) is 11.3 Å². The highest BCUT2D eigenvalue weighted by atomic mass is 35.5. The first kappa shape index (κ1) is 14.6. The van der Waals surface area contributed by atoms with Crippen LogP contribution in [0.3, 0.4) is 0 Å². The Balaban J connectivity index is 2.01. The third kappa shape index (κ3) is 3.59. The molecular formula is C14H15ClN2O3. The first-order valence-electron chi connectivity index (χ1n) is 6.21. The molecule has 1 atom stereocenters. The van der Waals surface area contributed by atoms with E-state index in [4.69, 9.17) is 16.3 Å². The largest absolute Gasteiger partial charge is 0.375 e. The van der Waals surface area contributed by atoms with Crippen molar-refractivity contribution < 1.29 is 4.74 Å². The lowest BCUT2D eigenvalue weighted by Crippen LogP contribution is -2.38. The summed E-state index contributed by atoms with van der Waals surface area (Å²) in [5, 5.41) is 0.0358. The molecule has 2 aromatic rings. The summed E-state index contributed by atoms with van der Waals surface area (Å²) in [6, 6.07) is 10.5. The van der Waals surface area contributed by atoms with Crippen LogP contribution in [0.5, 0.6) is 0 Å². The molecule has 1 N–H and O–H groups in total. The summed E-state index contributed by atoms with van der Waals surface area (Å²) in [5.41, 5.74) is 0.0740. The minimum atomic E-state index is -0.529. The van der Waals surface area contributed by atoms with Gasteiger partial charge in [-0.3, -0.25) is 14.3 Å². The summed E-state index contributed by atoms with van der Waals surface area (Å²) >= 11 is 5.61. The Labute approximate surface area is 120 Å². The van der Waals surface area contributed by atoms with Gasteiger partial charge in [0, 0.05) is 6.07 Å². The monoisotopic (exact) mass is 294 g/mol. The lowest BCUT2D eigenvalue weighted by molar-refractivity contribution is 0.0926. The van der Waals surface area contributed by atoms with E-state index in [-0.39, 0.29) is 17.8 Å². The van der Waals surface area contributed by atoms with E-state index in [0.717, 1.165) is 10.1 Å². The first-order valence-corrected chi connectivity index (χ1v) is 6.59. The molecule has 20 heavy (non-hydrogen) atoms. The van der Waals surface area contributed by atoms with Gasteiger partial charge in [0.15, 0.2) is 0 Å². The molecule has 1 heterocycles. The standard InChI is InChI=1S/C14H15ClN2O3/c1-10(8-20-9-11-5-3-2-4-6-11)17-13(18)7-12(15)16-14(17)19/h2-7,10H,8-9H2,1H3,(H,16,19)/t10-/m1/s1. The maximum Gasteiger partial charge on any atom is 0.329 e. The van der Waals surface area contributed by atoms with Gasteiger partial charge in [-0.1, -0.05) is 41.9 Å². The fourth-order valence-corrected chi connectivity index (χ4v) is 2.06. The summed E-state index contributed by atoms with van der Waals surface area (Å²) in [4.78, 5) is 25.8. The zero-order chi connectivity index (χ0) is 14.5. The van der Waals surface area contributed by atoms with Crippen LogP contribution < -0.4 is 11.2 Å². The molecule has 0 saturated heterocycles. The van der Waals surface area contributed by atoms with Gasteiger partial charge in [-0.25, -0.2) is 4.79 Å². The van der Waals surface area contributed by atoms with Crippen LogP contribution in [0.25, 0.3) is 0 Å². The molecule has 6 heteroatoms. The number of rotatable bonds is 5. The van der Waals surface area contributed by atoms with Crippen molar-refractivity contribution >= 4 is 11.6 Å². The fraction of sp³-hybridized carbons (Fsp3) is 0.286. The number of aromatic amines is 1.